The molecule has 0 heterocycles. The van der Waals surface area contributed by atoms with Crippen LogP contribution in [0.2, 0.25) is 0 Å². The highest BCUT2D eigenvalue weighted by Crippen LogP contribution is 2.07. The van der Waals surface area contributed by atoms with Gasteiger partial charge in [-0.2, -0.15) is 0 Å². The fraction of sp³-hybridized carbons (Fsp3) is 0.125. The van der Waals surface area contributed by atoms with Crippen molar-refractivity contribution in [2.45, 2.75) is 12.5 Å². The first-order valence-corrected chi connectivity index (χ1v) is 6.56. The van der Waals surface area contributed by atoms with Crippen LogP contribution in [0.15, 0.2) is 54.6 Å². The Morgan fingerprint density at radius 2 is 1.62 bits per heavy atom. The summed E-state index contributed by atoms with van der Waals surface area (Å²) in [6.45, 7) is 0. The van der Waals surface area contributed by atoms with E-state index in [0.717, 1.165) is 5.56 Å². The van der Waals surface area contributed by atoms with Gasteiger partial charge in [-0.3, -0.25) is 9.59 Å². The number of hydrogen-bond acceptors (Lipinski definition) is 3. The van der Waals surface area contributed by atoms with Gasteiger partial charge >= 0.3 is 0 Å². The zero-order valence-corrected chi connectivity index (χ0v) is 11.5. The molecule has 2 rings (SSSR count). The first-order chi connectivity index (χ1) is 10.1. The van der Waals surface area contributed by atoms with Crippen molar-refractivity contribution in [2.24, 2.45) is 5.73 Å². The maximum absolute atomic E-state index is 12.1. The van der Waals surface area contributed by atoms with Crippen LogP contribution in [0.4, 0.5) is 5.69 Å². The van der Waals surface area contributed by atoms with Crippen molar-refractivity contribution in [3.63, 3.8) is 0 Å². The van der Waals surface area contributed by atoms with Crippen LogP contribution in [0.5, 0.6) is 0 Å². The number of amides is 2. The van der Waals surface area contributed by atoms with Gasteiger partial charge in [0.15, 0.2) is 0 Å². The van der Waals surface area contributed by atoms with E-state index in [1.807, 2.05) is 30.3 Å². The van der Waals surface area contributed by atoms with E-state index in [1.165, 1.54) is 0 Å². The van der Waals surface area contributed by atoms with Crippen LogP contribution in [0.3, 0.4) is 0 Å². The lowest BCUT2D eigenvalue weighted by atomic mass is 10.0. The molecule has 1 atom stereocenters. The number of nitrogens with one attached hydrogen (secondary N) is 1. The number of hydrogen-bond donors (Lipinski definition) is 3. The molecule has 2 aromatic rings. The zero-order chi connectivity index (χ0) is 15.2. The molecule has 108 valence electrons. The van der Waals surface area contributed by atoms with E-state index in [4.69, 9.17) is 11.5 Å². The maximum atomic E-state index is 12.1. The van der Waals surface area contributed by atoms with Crippen LogP contribution < -0.4 is 16.8 Å². The van der Waals surface area contributed by atoms with E-state index in [9.17, 15) is 9.59 Å². The zero-order valence-electron chi connectivity index (χ0n) is 11.5. The van der Waals surface area contributed by atoms with Gasteiger partial charge in [-0.15, -0.1) is 0 Å². The molecule has 0 saturated heterocycles. The summed E-state index contributed by atoms with van der Waals surface area (Å²) in [5.74, 6) is -0.919. The molecule has 2 aromatic carbocycles. The van der Waals surface area contributed by atoms with Gasteiger partial charge in [0.2, 0.25) is 5.91 Å². The van der Waals surface area contributed by atoms with Crippen LogP contribution in [0.25, 0.3) is 0 Å². The number of rotatable bonds is 5. The predicted molar refractivity (Wildman–Crippen MR) is 81.4 cm³/mol. The maximum Gasteiger partial charge on any atom is 0.251 e. The highest BCUT2D eigenvalue weighted by atomic mass is 16.2. The van der Waals surface area contributed by atoms with Gasteiger partial charge in [0.1, 0.15) is 6.04 Å². The molecule has 1 unspecified atom stereocenters. The van der Waals surface area contributed by atoms with Crippen LogP contribution in [0.1, 0.15) is 15.9 Å². The quantitative estimate of drug-likeness (QED) is 0.716. The second-order valence-electron chi connectivity index (χ2n) is 4.74. The predicted octanol–water partition coefficient (Wildman–Crippen LogP) is 1.10. The molecule has 5 nitrogen and oxygen atoms in total. The topological polar surface area (TPSA) is 98.2 Å². The van der Waals surface area contributed by atoms with Gasteiger partial charge in [-0.25, -0.2) is 0 Å². The van der Waals surface area contributed by atoms with E-state index >= 15 is 0 Å². The number of carbonyl (C=O) groups is 2. The molecule has 0 spiro atoms. The molecule has 0 bridgehead atoms. The highest BCUT2D eigenvalue weighted by Gasteiger charge is 2.19. The number of nitrogens with two attached hydrogens (primary N) is 2. The van der Waals surface area contributed by atoms with Crippen molar-refractivity contribution in [2.75, 3.05) is 5.73 Å². The first kappa shape index (κ1) is 14.6. The Morgan fingerprint density at radius 3 is 2.19 bits per heavy atom. The van der Waals surface area contributed by atoms with Crippen LogP contribution in [0, 0.1) is 0 Å². The third-order valence-electron chi connectivity index (χ3n) is 3.10. The Hall–Kier alpha value is -2.82. The second-order valence-corrected chi connectivity index (χ2v) is 4.74. The summed E-state index contributed by atoms with van der Waals surface area (Å²) in [6.07, 6.45) is 0.358. The summed E-state index contributed by atoms with van der Waals surface area (Å²) in [5, 5.41) is 2.65. The first-order valence-electron chi connectivity index (χ1n) is 6.56. The number of benzene rings is 2. The summed E-state index contributed by atoms with van der Waals surface area (Å²) >= 11 is 0. The third-order valence-corrected chi connectivity index (χ3v) is 3.10. The third kappa shape index (κ3) is 4.07. The summed E-state index contributed by atoms with van der Waals surface area (Å²) in [6, 6.07) is 15.1. The molecule has 0 radical (unpaired) electrons. The summed E-state index contributed by atoms with van der Waals surface area (Å²) in [7, 11) is 0. The molecule has 5 N–H and O–H groups in total. The summed E-state index contributed by atoms with van der Waals surface area (Å²) in [4.78, 5) is 23.6. The minimum atomic E-state index is -0.752. The minimum absolute atomic E-state index is 0.352. The number of nitrogen functional groups attached to an aromatic ring is 1. The van der Waals surface area contributed by atoms with Gasteiger partial charge in [-0.1, -0.05) is 30.3 Å². The standard InChI is InChI=1S/C16H17N3O2/c17-13-8-6-12(7-9-13)16(21)19-14(15(18)20)10-11-4-2-1-3-5-11/h1-9,14H,10,17H2,(H2,18,20)(H,19,21). The number of carbonyl (C=O) groups excluding carboxylic acids is 2. The van der Waals surface area contributed by atoms with Gasteiger partial charge in [0.05, 0.1) is 0 Å². The highest BCUT2D eigenvalue weighted by molar-refractivity contribution is 5.97. The fourth-order valence-electron chi connectivity index (χ4n) is 1.95. The number of anilines is 1. The van der Waals surface area contributed by atoms with E-state index in [-0.39, 0.29) is 5.91 Å². The number of primary amides is 1. The van der Waals surface area contributed by atoms with Gasteiger partial charge in [0.25, 0.3) is 5.91 Å². The fourth-order valence-corrected chi connectivity index (χ4v) is 1.95. The Labute approximate surface area is 123 Å². The van der Waals surface area contributed by atoms with E-state index in [0.29, 0.717) is 17.7 Å². The van der Waals surface area contributed by atoms with Gasteiger partial charge in [-0.05, 0) is 29.8 Å². The SMILES string of the molecule is NC(=O)C(Cc1ccccc1)NC(=O)c1ccc(N)cc1. The monoisotopic (exact) mass is 283 g/mol. The van der Waals surface area contributed by atoms with Crippen molar-refractivity contribution in [1.82, 2.24) is 5.32 Å². The molecular weight excluding hydrogens is 266 g/mol. The summed E-state index contributed by atoms with van der Waals surface area (Å²) < 4.78 is 0. The van der Waals surface area contributed by atoms with Gasteiger partial charge < -0.3 is 16.8 Å². The van der Waals surface area contributed by atoms with Crippen molar-refractivity contribution in [3.8, 4) is 0 Å². The van der Waals surface area contributed by atoms with Crippen LogP contribution >= 0.6 is 0 Å². The lowest BCUT2D eigenvalue weighted by molar-refractivity contribution is -0.119. The molecule has 21 heavy (non-hydrogen) atoms. The Kier molecular flexibility index (Phi) is 4.56. The normalized spacial score (nSPS) is 11.6. The van der Waals surface area contributed by atoms with Crippen molar-refractivity contribution < 1.29 is 9.59 Å². The van der Waals surface area contributed by atoms with Crippen molar-refractivity contribution in [3.05, 3.63) is 65.7 Å². The van der Waals surface area contributed by atoms with Crippen LogP contribution in [-0.4, -0.2) is 17.9 Å². The molecule has 0 saturated carbocycles. The molecule has 0 fully saturated rings. The molecule has 2 amide bonds. The Morgan fingerprint density at radius 1 is 1.00 bits per heavy atom. The lowest BCUT2D eigenvalue weighted by Crippen LogP contribution is -2.45. The van der Waals surface area contributed by atoms with Crippen LogP contribution in [-0.2, 0) is 11.2 Å². The van der Waals surface area contributed by atoms with Crippen molar-refractivity contribution in [1.29, 1.82) is 0 Å². The summed E-state index contributed by atoms with van der Waals surface area (Å²) in [5.41, 5.74) is 12.9. The van der Waals surface area contributed by atoms with E-state index < -0.39 is 11.9 Å². The Bertz CT molecular complexity index is 624. The lowest BCUT2D eigenvalue weighted by Gasteiger charge is -2.15. The van der Waals surface area contributed by atoms with E-state index in [2.05, 4.69) is 5.32 Å². The minimum Gasteiger partial charge on any atom is -0.399 e. The van der Waals surface area contributed by atoms with E-state index in [1.54, 1.807) is 24.3 Å². The average Bonchev–Trinajstić information content (AvgIpc) is 2.48. The van der Waals surface area contributed by atoms with Gasteiger partial charge in [0, 0.05) is 17.7 Å². The largest absolute Gasteiger partial charge is 0.399 e. The smallest absolute Gasteiger partial charge is 0.251 e. The van der Waals surface area contributed by atoms with Crippen molar-refractivity contribution >= 4 is 17.5 Å². The molecule has 0 aromatic heterocycles. The average molecular weight is 283 g/mol. The molecule has 0 aliphatic heterocycles. The molecule has 0 aliphatic rings. The molecule has 5 heteroatoms. The molecular formula is C16H17N3O2. The second kappa shape index (κ2) is 6.56. The Balaban J connectivity index is 2.07. The molecule has 0 aliphatic carbocycles.